The predicted molar refractivity (Wildman–Crippen MR) is 127 cm³/mol. The van der Waals surface area contributed by atoms with Gasteiger partial charge in [0.2, 0.25) is 0 Å². The first kappa shape index (κ1) is 17.3. The van der Waals surface area contributed by atoms with Gasteiger partial charge in [0.05, 0.1) is 11.0 Å². The number of hydrogen-bond donors (Lipinski definition) is 1. The largest absolute Gasteiger partial charge is 0.354 e. The zero-order valence-corrected chi connectivity index (χ0v) is 16.8. The van der Waals surface area contributed by atoms with E-state index in [9.17, 15) is 0 Å². The van der Waals surface area contributed by atoms with E-state index in [0.29, 0.717) is 0 Å². The zero-order valence-electron chi connectivity index (χ0n) is 16.1. The molecule has 0 aliphatic carbocycles. The summed E-state index contributed by atoms with van der Waals surface area (Å²) in [5.41, 5.74) is 7.66. The van der Waals surface area contributed by atoms with Crippen LogP contribution in [0.2, 0.25) is 5.02 Å². The van der Waals surface area contributed by atoms with Crippen molar-refractivity contribution < 1.29 is 0 Å². The number of pyridine rings is 1. The van der Waals surface area contributed by atoms with Crippen LogP contribution in [0.1, 0.15) is 0 Å². The van der Waals surface area contributed by atoms with Gasteiger partial charge >= 0.3 is 0 Å². The van der Waals surface area contributed by atoms with Crippen LogP contribution in [0.15, 0.2) is 97.1 Å². The van der Waals surface area contributed by atoms with Gasteiger partial charge in [0.25, 0.3) is 0 Å². The minimum absolute atomic E-state index is 0.735. The van der Waals surface area contributed by atoms with Crippen LogP contribution in [-0.2, 0) is 0 Å². The van der Waals surface area contributed by atoms with Crippen LogP contribution in [0.25, 0.3) is 55.1 Å². The number of fused-ring (bicyclic) bond motifs is 4. The van der Waals surface area contributed by atoms with Crippen molar-refractivity contribution in [1.82, 2.24) is 9.97 Å². The SMILES string of the molecule is Clc1ccc(-c2cc(-c3ccccc3)c3cc4nc5ccccc5c4cc3[nH]2)cc1. The normalized spacial score (nSPS) is 11.5. The van der Waals surface area contributed by atoms with Crippen LogP contribution < -0.4 is 0 Å². The first-order valence-electron chi connectivity index (χ1n) is 9.93. The first-order valence-corrected chi connectivity index (χ1v) is 10.3. The molecule has 0 saturated carbocycles. The number of nitrogens with zero attached hydrogens (tertiary/aromatic N) is 1. The van der Waals surface area contributed by atoms with E-state index in [2.05, 4.69) is 65.6 Å². The maximum atomic E-state index is 6.11. The molecule has 0 aliphatic heterocycles. The monoisotopic (exact) mass is 404 g/mol. The molecule has 4 aromatic carbocycles. The quantitative estimate of drug-likeness (QED) is 0.312. The Labute approximate surface area is 178 Å². The summed E-state index contributed by atoms with van der Waals surface area (Å²) in [6.45, 7) is 0. The molecule has 2 aromatic heterocycles. The number of para-hydroxylation sites is 1. The molecule has 0 unspecified atom stereocenters. The second-order valence-corrected chi connectivity index (χ2v) is 7.95. The summed E-state index contributed by atoms with van der Waals surface area (Å²) in [5, 5.41) is 4.25. The van der Waals surface area contributed by atoms with Crippen molar-refractivity contribution in [3.63, 3.8) is 0 Å². The van der Waals surface area contributed by atoms with Crippen molar-refractivity contribution in [3.8, 4) is 22.4 Å². The average Bonchev–Trinajstić information content (AvgIpc) is 3.15. The van der Waals surface area contributed by atoms with Gasteiger partial charge in [-0.1, -0.05) is 72.3 Å². The molecule has 0 radical (unpaired) electrons. The fraction of sp³-hybridized carbons (Fsp3) is 0. The summed E-state index contributed by atoms with van der Waals surface area (Å²) in [6, 6.07) is 33.4. The third-order valence-electron chi connectivity index (χ3n) is 5.66. The summed E-state index contributed by atoms with van der Waals surface area (Å²) in [6.07, 6.45) is 0. The van der Waals surface area contributed by atoms with Gasteiger partial charge in [-0.2, -0.15) is 0 Å². The van der Waals surface area contributed by atoms with Gasteiger partial charge in [0, 0.05) is 32.4 Å². The smallest absolute Gasteiger partial charge is 0.0724 e. The Morgan fingerprint density at radius 3 is 2.20 bits per heavy atom. The molecule has 2 nitrogen and oxygen atoms in total. The highest BCUT2D eigenvalue weighted by molar-refractivity contribution is 6.30. The molecule has 0 atom stereocenters. The lowest BCUT2D eigenvalue weighted by Gasteiger charge is -2.12. The summed E-state index contributed by atoms with van der Waals surface area (Å²) < 4.78 is 0. The maximum absolute atomic E-state index is 6.11. The Kier molecular flexibility index (Phi) is 3.87. The van der Waals surface area contributed by atoms with E-state index in [0.717, 1.165) is 38.2 Å². The molecule has 6 aromatic rings. The van der Waals surface area contributed by atoms with E-state index in [4.69, 9.17) is 16.6 Å². The Hall–Kier alpha value is -3.62. The van der Waals surface area contributed by atoms with Crippen molar-refractivity contribution in [2.45, 2.75) is 0 Å². The van der Waals surface area contributed by atoms with Gasteiger partial charge in [0.1, 0.15) is 0 Å². The molecule has 142 valence electrons. The van der Waals surface area contributed by atoms with Gasteiger partial charge in [-0.05, 0) is 53.1 Å². The molecule has 0 fully saturated rings. The summed E-state index contributed by atoms with van der Waals surface area (Å²) in [7, 11) is 0. The molecule has 1 N–H and O–H groups in total. The second kappa shape index (κ2) is 6.72. The lowest BCUT2D eigenvalue weighted by atomic mass is 9.97. The summed E-state index contributed by atoms with van der Waals surface area (Å²) >= 11 is 6.11. The highest BCUT2D eigenvalue weighted by atomic mass is 35.5. The fourth-order valence-electron chi connectivity index (χ4n) is 4.20. The second-order valence-electron chi connectivity index (χ2n) is 7.51. The minimum Gasteiger partial charge on any atom is -0.354 e. The van der Waals surface area contributed by atoms with Crippen LogP contribution in [0.4, 0.5) is 0 Å². The van der Waals surface area contributed by atoms with Crippen molar-refractivity contribution in [2.24, 2.45) is 0 Å². The molecular weight excluding hydrogens is 388 g/mol. The number of aromatic nitrogens is 2. The molecule has 0 spiro atoms. The van der Waals surface area contributed by atoms with E-state index >= 15 is 0 Å². The third-order valence-corrected chi connectivity index (χ3v) is 5.91. The number of H-pyrrole nitrogens is 1. The topological polar surface area (TPSA) is 28.7 Å². The number of rotatable bonds is 2. The molecular formula is C27H17ClN2. The third kappa shape index (κ3) is 2.77. The van der Waals surface area contributed by atoms with Crippen LogP contribution >= 0.6 is 11.6 Å². The molecule has 3 heteroatoms. The van der Waals surface area contributed by atoms with Gasteiger partial charge in [-0.3, -0.25) is 0 Å². The Balaban J connectivity index is 1.71. The van der Waals surface area contributed by atoms with E-state index in [1.54, 1.807) is 0 Å². The van der Waals surface area contributed by atoms with Crippen LogP contribution in [0.5, 0.6) is 0 Å². The van der Waals surface area contributed by atoms with Gasteiger partial charge < -0.3 is 4.98 Å². The van der Waals surface area contributed by atoms with Crippen LogP contribution in [0, 0.1) is 0 Å². The van der Waals surface area contributed by atoms with Crippen molar-refractivity contribution in [2.75, 3.05) is 0 Å². The van der Waals surface area contributed by atoms with Gasteiger partial charge in [-0.25, -0.2) is 4.98 Å². The van der Waals surface area contributed by atoms with Crippen LogP contribution in [0.3, 0.4) is 0 Å². The fourth-order valence-corrected chi connectivity index (χ4v) is 4.32. The van der Waals surface area contributed by atoms with Crippen molar-refractivity contribution in [3.05, 3.63) is 102 Å². The number of aromatic amines is 1. The Morgan fingerprint density at radius 2 is 1.37 bits per heavy atom. The number of nitrogens with one attached hydrogen (secondary N) is 1. The van der Waals surface area contributed by atoms with Gasteiger partial charge in [-0.15, -0.1) is 0 Å². The van der Waals surface area contributed by atoms with Crippen molar-refractivity contribution in [1.29, 1.82) is 0 Å². The van der Waals surface area contributed by atoms with Crippen LogP contribution in [-0.4, -0.2) is 9.97 Å². The first-order chi connectivity index (χ1) is 14.8. The van der Waals surface area contributed by atoms with Gasteiger partial charge in [0.15, 0.2) is 0 Å². The Morgan fingerprint density at radius 1 is 0.600 bits per heavy atom. The maximum Gasteiger partial charge on any atom is 0.0724 e. The highest BCUT2D eigenvalue weighted by Gasteiger charge is 2.12. The average molecular weight is 405 g/mol. The zero-order chi connectivity index (χ0) is 20.1. The molecule has 0 aliphatic rings. The molecule has 0 amide bonds. The molecule has 2 heterocycles. The highest BCUT2D eigenvalue weighted by Crippen LogP contribution is 2.36. The predicted octanol–water partition coefficient (Wildman–Crippen LogP) is 7.86. The molecule has 6 rings (SSSR count). The molecule has 0 saturated heterocycles. The van der Waals surface area contributed by atoms with Crippen molar-refractivity contribution >= 4 is 44.3 Å². The standard InChI is InChI=1S/C27H17ClN2/c28-19-12-10-18(11-13-19)25-14-21(17-6-2-1-3-7-17)23-16-26-22(15-27(23)30-25)20-8-4-5-9-24(20)29-26/h1-16,30H. The molecule has 0 bridgehead atoms. The minimum atomic E-state index is 0.735. The summed E-state index contributed by atoms with van der Waals surface area (Å²) in [5.74, 6) is 0. The van der Waals surface area contributed by atoms with E-state index in [1.807, 2.05) is 36.4 Å². The number of halogens is 1. The molecule has 30 heavy (non-hydrogen) atoms. The number of hydrogen-bond acceptors (Lipinski definition) is 1. The summed E-state index contributed by atoms with van der Waals surface area (Å²) in [4.78, 5) is 8.51. The van der Waals surface area contributed by atoms with E-state index in [1.165, 1.54) is 21.9 Å². The Bertz CT molecular complexity index is 1530. The number of benzene rings is 4. The lowest BCUT2D eigenvalue weighted by molar-refractivity contribution is 1.40. The van der Waals surface area contributed by atoms with E-state index < -0.39 is 0 Å². The lowest BCUT2D eigenvalue weighted by Crippen LogP contribution is -1.90. The van der Waals surface area contributed by atoms with E-state index in [-0.39, 0.29) is 0 Å².